The van der Waals surface area contributed by atoms with Gasteiger partial charge in [-0.1, -0.05) is 19.1 Å². The van der Waals surface area contributed by atoms with Gasteiger partial charge in [-0.3, -0.25) is 9.78 Å². The standard InChI is InChI=1S/C17H21N3OS/c1-2-15-14(16(21)19-17(22)18-15)11-12-5-7-13(8-6-12)20-9-3-4-10-20/h5-8H,2-4,9-11H2,1H3,(H2,18,19,21,22). The van der Waals surface area contributed by atoms with Gasteiger partial charge in [0.2, 0.25) is 0 Å². The van der Waals surface area contributed by atoms with E-state index >= 15 is 0 Å². The predicted molar refractivity (Wildman–Crippen MR) is 92.3 cm³/mol. The molecule has 5 heteroatoms. The third-order valence-corrected chi connectivity index (χ3v) is 4.48. The summed E-state index contributed by atoms with van der Waals surface area (Å²) < 4.78 is 0.398. The topological polar surface area (TPSA) is 51.9 Å². The van der Waals surface area contributed by atoms with Crippen LogP contribution in [-0.2, 0) is 12.8 Å². The largest absolute Gasteiger partial charge is 0.372 e. The maximum absolute atomic E-state index is 12.1. The third-order valence-electron chi connectivity index (χ3n) is 4.27. The number of aromatic nitrogens is 2. The molecule has 1 saturated heterocycles. The Morgan fingerprint density at radius 2 is 1.82 bits per heavy atom. The smallest absolute Gasteiger partial charge is 0.255 e. The van der Waals surface area contributed by atoms with E-state index in [2.05, 4.69) is 39.1 Å². The minimum Gasteiger partial charge on any atom is -0.372 e. The SMILES string of the molecule is CCc1[nH]c(=S)[nH]c(=O)c1Cc1ccc(N2CCCC2)cc1. The second-order valence-corrected chi connectivity index (χ2v) is 6.16. The molecule has 3 rings (SSSR count). The minimum absolute atomic E-state index is 0.0794. The molecule has 1 aromatic carbocycles. The molecule has 4 nitrogen and oxygen atoms in total. The van der Waals surface area contributed by atoms with E-state index in [9.17, 15) is 4.79 Å². The van der Waals surface area contributed by atoms with Crippen molar-refractivity contribution in [3.8, 4) is 0 Å². The number of nitrogens with zero attached hydrogens (tertiary/aromatic N) is 1. The molecule has 0 spiro atoms. The quantitative estimate of drug-likeness (QED) is 0.852. The number of anilines is 1. The molecule has 0 aliphatic carbocycles. The Balaban J connectivity index is 1.84. The highest BCUT2D eigenvalue weighted by molar-refractivity contribution is 7.71. The van der Waals surface area contributed by atoms with Crippen molar-refractivity contribution in [3.05, 3.63) is 56.2 Å². The van der Waals surface area contributed by atoms with Crippen molar-refractivity contribution in [3.63, 3.8) is 0 Å². The zero-order valence-corrected chi connectivity index (χ0v) is 13.6. The van der Waals surface area contributed by atoms with Gasteiger partial charge in [0, 0.05) is 36.5 Å². The Bertz CT molecular complexity index is 755. The number of hydrogen-bond acceptors (Lipinski definition) is 3. The normalized spacial score (nSPS) is 14.5. The molecule has 116 valence electrons. The number of aryl methyl sites for hydroxylation is 1. The second kappa shape index (κ2) is 6.48. The highest BCUT2D eigenvalue weighted by atomic mass is 32.1. The number of H-pyrrole nitrogens is 2. The molecule has 1 fully saturated rings. The summed E-state index contributed by atoms with van der Waals surface area (Å²) in [5.74, 6) is 0. The zero-order chi connectivity index (χ0) is 15.5. The van der Waals surface area contributed by atoms with Crippen molar-refractivity contribution >= 4 is 17.9 Å². The van der Waals surface area contributed by atoms with Crippen LogP contribution in [0.4, 0.5) is 5.69 Å². The van der Waals surface area contributed by atoms with E-state index in [0.29, 0.717) is 11.2 Å². The lowest BCUT2D eigenvalue weighted by atomic mass is 10.0. The molecule has 0 amide bonds. The van der Waals surface area contributed by atoms with Gasteiger partial charge >= 0.3 is 0 Å². The average Bonchev–Trinajstić information content (AvgIpc) is 3.04. The predicted octanol–water partition coefficient (Wildman–Crippen LogP) is 3.19. The molecule has 0 saturated carbocycles. The van der Waals surface area contributed by atoms with Crippen LogP contribution in [0.2, 0.25) is 0 Å². The molecule has 2 heterocycles. The second-order valence-electron chi connectivity index (χ2n) is 5.76. The van der Waals surface area contributed by atoms with E-state index in [1.54, 1.807) is 0 Å². The van der Waals surface area contributed by atoms with E-state index in [4.69, 9.17) is 12.2 Å². The lowest BCUT2D eigenvalue weighted by molar-refractivity contribution is 0.906. The van der Waals surface area contributed by atoms with Crippen molar-refractivity contribution in [2.75, 3.05) is 18.0 Å². The molecule has 1 aliphatic rings. The summed E-state index contributed by atoms with van der Waals surface area (Å²) in [4.78, 5) is 20.3. The Kier molecular flexibility index (Phi) is 4.43. The first-order valence-corrected chi connectivity index (χ1v) is 8.26. The third kappa shape index (κ3) is 3.14. The highest BCUT2D eigenvalue weighted by Crippen LogP contribution is 2.21. The lowest BCUT2D eigenvalue weighted by Gasteiger charge is -2.17. The summed E-state index contributed by atoms with van der Waals surface area (Å²) in [6.45, 7) is 4.32. The van der Waals surface area contributed by atoms with Crippen LogP contribution >= 0.6 is 12.2 Å². The Morgan fingerprint density at radius 1 is 1.14 bits per heavy atom. The molecule has 1 aliphatic heterocycles. The van der Waals surface area contributed by atoms with Crippen LogP contribution in [0.25, 0.3) is 0 Å². The summed E-state index contributed by atoms with van der Waals surface area (Å²) in [7, 11) is 0. The molecule has 0 atom stereocenters. The number of hydrogen-bond donors (Lipinski definition) is 2. The zero-order valence-electron chi connectivity index (χ0n) is 12.8. The fourth-order valence-corrected chi connectivity index (χ4v) is 3.27. The maximum Gasteiger partial charge on any atom is 0.255 e. The van der Waals surface area contributed by atoms with E-state index in [1.165, 1.54) is 18.5 Å². The van der Waals surface area contributed by atoms with Crippen LogP contribution in [0.15, 0.2) is 29.1 Å². The summed E-state index contributed by atoms with van der Waals surface area (Å²) >= 11 is 5.04. The summed E-state index contributed by atoms with van der Waals surface area (Å²) in [5.41, 5.74) is 4.05. The summed E-state index contributed by atoms with van der Waals surface area (Å²) in [6, 6.07) is 8.56. The van der Waals surface area contributed by atoms with Crippen LogP contribution in [0.1, 0.15) is 36.6 Å². The van der Waals surface area contributed by atoms with E-state index in [1.807, 2.05) is 6.92 Å². The summed E-state index contributed by atoms with van der Waals surface area (Å²) in [5, 5.41) is 0. The van der Waals surface area contributed by atoms with Crippen LogP contribution in [0.5, 0.6) is 0 Å². The van der Waals surface area contributed by atoms with Gasteiger partial charge < -0.3 is 9.88 Å². The van der Waals surface area contributed by atoms with Crippen LogP contribution in [0, 0.1) is 4.77 Å². The van der Waals surface area contributed by atoms with Crippen LogP contribution in [0.3, 0.4) is 0 Å². The number of rotatable bonds is 4. The van der Waals surface area contributed by atoms with Gasteiger partial charge in [-0.15, -0.1) is 0 Å². The van der Waals surface area contributed by atoms with Gasteiger partial charge in [-0.05, 0) is 49.2 Å². The van der Waals surface area contributed by atoms with Gasteiger partial charge in [0.15, 0.2) is 4.77 Å². The number of nitrogens with one attached hydrogen (secondary N) is 2. The van der Waals surface area contributed by atoms with Crippen molar-refractivity contribution in [1.82, 2.24) is 9.97 Å². The Morgan fingerprint density at radius 3 is 2.45 bits per heavy atom. The molecule has 0 radical (unpaired) electrons. The molecule has 22 heavy (non-hydrogen) atoms. The molecular formula is C17H21N3OS. The van der Waals surface area contributed by atoms with E-state index < -0.39 is 0 Å². The number of aromatic amines is 2. The van der Waals surface area contributed by atoms with Crippen molar-refractivity contribution in [1.29, 1.82) is 0 Å². The van der Waals surface area contributed by atoms with Gasteiger partial charge in [0.05, 0.1) is 0 Å². The maximum atomic E-state index is 12.1. The molecule has 1 aromatic heterocycles. The Labute approximate surface area is 135 Å². The van der Waals surface area contributed by atoms with Gasteiger partial charge in [-0.25, -0.2) is 0 Å². The van der Waals surface area contributed by atoms with Crippen molar-refractivity contribution in [2.45, 2.75) is 32.6 Å². The van der Waals surface area contributed by atoms with Gasteiger partial charge in [-0.2, -0.15) is 0 Å². The summed E-state index contributed by atoms with van der Waals surface area (Å²) in [6.07, 6.45) is 3.96. The molecule has 2 aromatic rings. The monoisotopic (exact) mass is 315 g/mol. The fraction of sp³-hybridized carbons (Fsp3) is 0.412. The van der Waals surface area contributed by atoms with Crippen LogP contribution < -0.4 is 10.5 Å². The van der Waals surface area contributed by atoms with Gasteiger partial charge in [0.25, 0.3) is 5.56 Å². The first-order valence-electron chi connectivity index (χ1n) is 7.85. The number of benzene rings is 1. The van der Waals surface area contributed by atoms with E-state index in [-0.39, 0.29) is 5.56 Å². The average molecular weight is 315 g/mol. The first kappa shape index (κ1) is 15.0. The molecule has 0 unspecified atom stereocenters. The Hall–Kier alpha value is -1.88. The van der Waals surface area contributed by atoms with Crippen molar-refractivity contribution in [2.24, 2.45) is 0 Å². The lowest BCUT2D eigenvalue weighted by Crippen LogP contribution is -2.18. The molecule has 0 bridgehead atoms. The molecule has 2 N–H and O–H groups in total. The minimum atomic E-state index is -0.0794. The van der Waals surface area contributed by atoms with E-state index in [0.717, 1.165) is 36.3 Å². The van der Waals surface area contributed by atoms with Crippen LogP contribution in [-0.4, -0.2) is 23.1 Å². The first-order chi connectivity index (χ1) is 10.7. The molecular weight excluding hydrogens is 294 g/mol. The highest BCUT2D eigenvalue weighted by Gasteiger charge is 2.12. The fourth-order valence-electron chi connectivity index (χ4n) is 3.05. The van der Waals surface area contributed by atoms with Crippen molar-refractivity contribution < 1.29 is 0 Å². The van der Waals surface area contributed by atoms with Gasteiger partial charge in [0.1, 0.15) is 0 Å².